The van der Waals surface area contributed by atoms with Crippen molar-refractivity contribution in [1.82, 2.24) is 15.1 Å². The number of hydrogen-bond acceptors (Lipinski definition) is 3. The number of aromatic nitrogens is 2. The van der Waals surface area contributed by atoms with Gasteiger partial charge >= 0.3 is 0 Å². The molecule has 0 bridgehead atoms. The molecule has 1 heterocycles. The maximum atomic E-state index is 11.8. The standard InChI is InChI=1S/C15H20N4O.ClH/c1-11(2)14(16)15(20)17-8-12-9-18-19(10-12)13-6-4-3-5-7-13;/h3-7,9-11,14H,8,16H2,1-2H3,(H,17,20);1H/t14-;/m1./s1. The van der Waals surface area contributed by atoms with Gasteiger partial charge in [-0.05, 0) is 18.1 Å². The first-order valence-corrected chi connectivity index (χ1v) is 6.70. The largest absolute Gasteiger partial charge is 0.351 e. The highest BCUT2D eigenvalue weighted by Crippen LogP contribution is 2.07. The van der Waals surface area contributed by atoms with Crippen LogP contribution >= 0.6 is 12.4 Å². The van der Waals surface area contributed by atoms with Crippen LogP contribution in [0.5, 0.6) is 0 Å². The molecule has 0 fully saturated rings. The third-order valence-corrected chi connectivity index (χ3v) is 3.14. The number of hydrogen-bond donors (Lipinski definition) is 2. The van der Waals surface area contributed by atoms with Crippen LogP contribution in [-0.2, 0) is 11.3 Å². The molecule has 2 aromatic rings. The maximum absolute atomic E-state index is 11.8. The molecule has 0 spiro atoms. The maximum Gasteiger partial charge on any atom is 0.237 e. The zero-order chi connectivity index (χ0) is 14.5. The van der Waals surface area contributed by atoms with Crippen molar-refractivity contribution in [3.8, 4) is 5.69 Å². The van der Waals surface area contributed by atoms with Crippen LogP contribution in [0.1, 0.15) is 19.4 Å². The minimum absolute atomic E-state index is 0. The molecule has 0 radical (unpaired) electrons. The molecule has 1 aromatic heterocycles. The summed E-state index contributed by atoms with van der Waals surface area (Å²) in [6.45, 7) is 4.29. The summed E-state index contributed by atoms with van der Waals surface area (Å²) in [6, 6.07) is 9.36. The Morgan fingerprint density at radius 3 is 2.62 bits per heavy atom. The number of nitrogens with one attached hydrogen (secondary N) is 1. The van der Waals surface area contributed by atoms with E-state index >= 15 is 0 Å². The number of nitrogens with two attached hydrogens (primary N) is 1. The van der Waals surface area contributed by atoms with Gasteiger partial charge in [0.15, 0.2) is 0 Å². The van der Waals surface area contributed by atoms with Crippen molar-refractivity contribution in [2.45, 2.75) is 26.4 Å². The number of nitrogens with zero attached hydrogens (tertiary/aromatic N) is 2. The normalized spacial score (nSPS) is 11.8. The van der Waals surface area contributed by atoms with Crippen LogP contribution in [0.15, 0.2) is 42.7 Å². The highest BCUT2D eigenvalue weighted by molar-refractivity contribution is 5.85. The second-order valence-corrected chi connectivity index (χ2v) is 5.12. The molecular formula is C15H21ClN4O. The summed E-state index contributed by atoms with van der Waals surface area (Å²) in [4.78, 5) is 11.8. The van der Waals surface area contributed by atoms with Gasteiger partial charge in [0.05, 0.1) is 17.9 Å². The lowest BCUT2D eigenvalue weighted by Gasteiger charge is -2.14. The lowest BCUT2D eigenvalue weighted by molar-refractivity contribution is -0.123. The van der Waals surface area contributed by atoms with Gasteiger partial charge in [0.2, 0.25) is 5.91 Å². The molecule has 0 aliphatic carbocycles. The molecular weight excluding hydrogens is 288 g/mol. The summed E-state index contributed by atoms with van der Waals surface area (Å²) in [6.07, 6.45) is 3.64. The van der Waals surface area contributed by atoms with Gasteiger partial charge in [-0.1, -0.05) is 32.0 Å². The van der Waals surface area contributed by atoms with Crippen LogP contribution in [0.25, 0.3) is 5.69 Å². The summed E-state index contributed by atoms with van der Waals surface area (Å²) in [5.41, 5.74) is 7.72. The van der Waals surface area contributed by atoms with Gasteiger partial charge in [0.25, 0.3) is 0 Å². The molecule has 1 atom stereocenters. The van der Waals surface area contributed by atoms with Crippen LogP contribution in [0, 0.1) is 5.92 Å². The quantitative estimate of drug-likeness (QED) is 0.886. The molecule has 5 nitrogen and oxygen atoms in total. The van der Waals surface area contributed by atoms with Crippen LogP contribution in [0.2, 0.25) is 0 Å². The third kappa shape index (κ3) is 4.58. The van der Waals surface area contributed by atoms with Crippen LogP contribution < -0.4 is 11.1 Å². The SMILES string of the molecule is CC(C)[C@@H](N)C(=O)NCc1cnn(-c2ccccc2)c1.Cl. The van der Waals surface area contributed by atoms with Crippen molar-refractivity contribution in [3.63, 3.8) is 0 Å². The molecule has 21 heavy (non-hydrogen) atoms. The fraction of sp³-hybridized carbons (Fsp3) is 0.333. The minimum Gasteiger partial charge on any atom is -0.351 e. The van der Waals surface area contributed by atoms with E-state index < -0.39 is 6.04 Å². The first-order chi connectivity index (χ1) is 9.58. The Morgan fingerprint density at radius 1 is 1.33 bits per heavy atom. The Morgan fingerprint density at radius 2 is 2.00 bits per heavy atom. The number of para-hydroxylation sites is 1. The van der Waals surface area contributed by atoms with Gasteiger partial charge in [-0.3, -0.25) is 4.79 Å². The highest BCUT2D eigenvalue weighted by atomic mass is 35.5. The first kappa shape index (κ1) is 17.2. The Bertz CT molecular complexity index is 568. The molecule has 114 valence electrons. The molecule has 0 unspecified atom stereocenters. The molecule has 2 rings (SSSR count). The van der Waals surface area contributed by atoms with Crippen molar-refractivity contribution in [2.24, 2.45) is 11.7 Å². The second kappa shape index (κ2) is 7.81. The second-order valence-electron chi connectivity index (χ2n) is 5.12. The van der Waals surface area contributed by atoms with E-state index in [1.165, 1.54) is 0 Å². The Hall–Kier alpha value is -1.85. The number of rotatable bonds is 5. The van der Waals surface area contributed by atoms with E-state index in [0.717, 1.165) is 11.3 Å². The van der Waals surface area contributed by atoms with Crippen molar-refractivity contribution in [3.05, 3.63) is 48.3 Å². The van der Waals surface area contributed by atoms with Gasteiger partial charge in [0, 0.05) is 18.3 Å². The summed E-state index contributed by atoms with van der Waals surface area (Å²) in [5, 5.41) is 7.11. The van der Waals surface area contributed by atoms with Gasteiger partial charge in [0.1, 0.15) is 0 Å². The van der Waals surface area contributed by atoms with Crippen molar-refractivity contribution in [2.75, 3.05) is 0 Å². The number of amides is 1. The van der Waals surface area contributed by atoms with E-state index in [-0.39, 0.29) is 24.2 Å². The summed E-state index contributed by atoms with van der Waals surface area (Å²) >= 11 is 0. The smallest absolute Gasteiger partial charge is 0.237 e. The molecule has 1 aromatic carbocycles. The fourth-order valence-electron chi connectivity index (χ4n) is 1.78. The first-order valence-electron chi connectivity index (χ1n) is 6.70. The Balaban J connectivity index is 0.00000220. The van der Waals surface area contributed by atoms with Gasteiger partial charge < -0.3 is 11.1 Å². The fourth-order valence-corrected chi connectivity index (χ4v) is 1.78. The van der Waals surface area contributed by atoms with Crippen LogP contribution in [0.4, 0.5) is 0 Å². The molecule has 0 aliphatic rings. The lowest BCUT2D eigenvalue weighted by atomic mass is 10.1. The van der Waals surface area contributed by atoms with E-state index in [2.05, 4.69) is 10.4 Å². The van der Waals surface area contributed by atoms with Gasteiger partial charge in [-0.15, -0.1) is 12.4 Å². The van der Waals surface area contributed by atoms with E-state index in [9.17, 15) is 4.79 Å². The van der Waals surface area contributed by atoms with Gasteiger partial charge in [-0.25, -0.2) is 4.68 Å². The number of halogens is 1. The number of carbonyl (C=O) groups excluding carboxylic acids is 1. The van der Waals surface area contributed by atoms with Crippen LogP contribution in [0.3, 0.4) is 0 Å². The zero-order valence-corrected chi connectivity index (χ0v) is 13.0. The summed E-state index contributed by atoms with van der Waals surface area (Å²) < 4.78 is 1.78. The minimum atomic E-state index is -0.473. The molecule has 0 saturated heterocycles. The Labute approximate surface area is 130 Å². The highest BCUT2D eigenvalue weighted by Gasteiger charge is 2.16. The molecule has 6 heteroatoms. The molecule has 1 amide bonds. The van der Waals surface area contributed by atoms with Crippen LogP contribution in [-0.4, -0.2) is 21.7 Å². The zero-order valence-electron chi connectivity index (χ0n) is 12.2. The number of benzene rings is 1. The van der Waals surface area contributed by atoms with Crippen molar-refractivity contribution in [1.29, 1.82) is 0 Å². The van der Waals surface area contributed by atoms with E-state index in [1.807, 2.05) is 50.4 Å². The molecule has 0 saturated carbocycles. The molecule has 3 N–H and O–H groups in total. The average molecular weight is 309 g/mol. The average Bonchev–Trinajstić information content (AvgIpc) is 2.93. The van der Waals surface area contributed by atoms with E-state index in [4.69, 9.17) is 5.73 Å². The third-order valence-electron chi connectivity index (χ3n) is 3.14. The number of carbonyl (C=O) groups is 1. The summed E-state index contributed by atoms with van der Waals surface area (Å²) in [5.74, 6) is -0.00509. The predicted molar refractivity (Wildman–Crippen MR) is 85.5 cm³/mol. The molecule has 0 aliphatic heterocycles. The van der Waals surface area contributed by atoms with E-state index in [0.29, 0.717) is 6.54 Å². The van der Waals surface area contributed by atoms with Crippen molar-refractivity contribution >= 4 is 18.3 Å². The summed E-state index contributed by atoms with van der Waals surface area (Å²) in [7, 11) is 0. The van der Waals surface area contributed by atoms with E-state index in [1.54, 1.807) is 10.9 Å². The topological polar surface area (TPSA) is 72.9 Å². The van der Waals surface area contributed by atoms with Crippen molar-refractivity contribution < 1.29 is 4.79 Å². The lowest BCUT2D eigenvalue weighted by Crippen LogP contribution is -2.43. The predicted octanol–water partition coefficient (Wildman–Crippen LogP) is 1.89. The van der Waals surface area contributed by atoms with Gasteiger partial charge in [-0.2, -0.15) is 5.10 Å². The monoisotopic (exact) mass is 308 g/mol. The Kier molecular flexibility index (Phi) is 6.39.